The molecule has 3 rings (SSSR count). The third-order valence-electron chi connectivity index (χ3n) is 5.16. The molecule has 6 heteroatoms. The Morgan fingerprint density at radius 1 is 1.04 bits per heavy atom. The van der Waals surface area contributed by atoms with Gasteiger partial charge in [-0.15, -0.1) is 0 Å². The topological polar surface area (TPSA) is 59.1 Å². The average Bonchev–Trinajstić information content (AvgIpc) is 2.69. The van der Waals surface area contributed by atoms with Crippen LogP contribution in [0.2, 0.25) is 0 Å². The molecule has 0 radical (unpaired) electrons. The SMILES string of the molecule is Cc1ccc(OC(C)C(=O)N2CCC(C(=O)N3CCOCC3)CC2)cc1. The van der Waals surface area contributed by atoms with E-state index < -0.39 is 6.10 Å². The van der Waals surface area contributed by atoms with Crippen LogP contribution in [-0.2, 0) is 14.3 Å². The molecule has 1 aromatic carbocycles. The summed E-state index contributed by atoms with van der Waals surface area (Å²) in [6.45, 7) is 7.63. The summed E-state index contributed by atoms with van der Waals surface area (Å²) in [6.07, 6.45) is 0.919. The van der Waals surface area contributed by atoms with Crippen molar-refractivity contribution < 1.29 is 19.1 Å². The highest BCUT2D eigenvalue weighted by Crippen LogP contribution is 2.22. The van der Waals surface area contributed by atoms with Gasteiger partial charge in [-0.2, -0.15) is 0 Å². The zero-order valence-corrected chi connectivity index (χ0v) is 15.6. The molecule has 0 aromatic heterocycles. The minimum Gasteiger partial charge on any atom is -0.481 e. The molecule has 0 spiro atoms. The lowest BCUT2D eigenvalue weighted by Gasteiger charge is -2.36. The van der Waals surface area contributed by atoms with Gasteiger partial charge >= 0.3 is 0 Å². The van der Waals surface area contributed by atoms with Gasteiger partial charge in [0.05, 0.1) is 13.2 Å². The van der Waals surface area contributed by atoms with Gasteiger partial charge in [-0.25, -0.2) is 0 Å². The van der Waals surface area contributed by atoms with Gasteiger partial charge in [0.15, 0.2) is 6.10 Å². The lowest BCUT2D eigenvalue weighted by molar-refractivity contribution is -0.145. The maximum absolute atomic E-state index is 12.6. The molecule has 26 heavy (non-hydrogen) atoms. The van der Waals surface area contributed by atoms with Gasteiger partial charge in [-0.1, -0.05) is 17.7 Å². The standard InChI is InChI=1S/C20H28N2O4/c1-15-3-5-18(6-4-15)26-16(2)19(23)21-9-7-17(8-10-21)20(24)22-11-13-25-14-12-22/h3-6,16-17H,7-14H2,1-2H3. The van der Waals surface area contributed by atoms with Crippen molar-refractivity contribution in [2.45, 2.75) is 32.8 Å². The summed E-state index contributed by atoms with van der Waals surface area (Å²) in [7, 11) is 0. The van der Waals surface area contributed by atoms with Crippen LogP contribution in [0.15, 0.2) is 24.3 Å². The highest BCUT2D eigenvalue weighted by Gasteiger charge is 2.32. The van der Waals surface area contributed by atoms with Gasteiger partial charge in [0, 0.05) is 32.1 Å². The second kappa shape index (κ2) is 8.54. The number of nitrogens with zero attached hydrogens (tertiary/aromatic N) is 2. The largest absolute Gasteiger partial charge is 0.481 e. The van der Waals surface area contributed by atoms with E-state index in [1.165, 1.54) is 0 Å². The van der Waals surface area contributed by atoms with Gasteiger partial charge in [0.1, 0.15) is 5.75 Å². The fraction of sp³-hybridized carbons (Fsp3) is 0.600. The summed E-state index contributed by atoms with van der Waals surface area (Å²) in [4.78, 5) is 28.9. The molecule has 1 atom stereocenters. The van der Waals surface area contributed by atoms with Gasteiger partial charge < -0.3 is 19.3 Å². The molecule has 2 amide bonds. The van der Waals surface area contributed by atoms with Crippen LogP contribution in [-0.4, -0.2) is 67.1 Å². The third kappa shape index (κ3) is 4.55. The van der Waals surface area contributed by atoms with Crippen LogP contribution >= 0.6 is 0 Å². The van der Waals surface area contributed by atoms with Crippen LogP contribution in [0.4, 0.5) is 0 Å². The number of piperidine rings is 1. The van der Waals surface area contributed by atoms with E-state index in [1.54, 1.807) is 6.92 Å². The van der Waals surface area contributed by atoms with E-state index in [4.69, 9.17) is 9.47 Å². The number of hydrogen-bond acceptors (Lipinski definition) is 4. The highest BCUT2D eigenvalue weighted by atomic mass is 16.5. The van der Waals surface area contributed by atoms with Gasteiger partial charge in [0.25, 0.3) is 5.91 Å². The Hall–Kier alpha value is -2.08. The number of hydrogen-bond donors (Lipinski definition) is 0. The van der Waals surface area contributed by atoms with E-state index in [9.17, 15) is 9.59 Å². The zero-order chi connectivity index (χ0) is 18.5. The molecular weight excluding hydrogens is 332 g/mol. The number of amides is 2. The Morgan fingerprint density at radius 3 is 2.27 bits per heavy atom. The first-order chi connectivity index (χ1) is 12.5. The summed E-state index contributed by atoms with van der Waals surface area (Å²) in [5.74, 6) is 0.923. The van der Waals surface area contributed by atoms with Crippen LogP contribution in [0, 0.1) is 12.8 Å². The van der Waals surface area contributed by atoms with E-state index in [0.717, 1.165) is 18.4 Å². The molecule has 142 valence electrons. The van der Waals surface area contributed by atoms with Gasteiger partial charge in [-0.3, -0.25) is 9.59 Å². The summed E-state index contributed by atoms with van der Waals surface area (Å²) in [5, 5.41) is 0. The first kappa shape index (κ1) is 18.7. The van der Waals surface area contributed by atoms with Crippen LogP contribution < -0.4 is 4.74 Å². The number of carbonyl (C=O) groups excluding carboxylic acids is 2. The monoisotopic (exact) mass is 360 g/mol. The highest BCUT2D eigenvalue weighted by molar-refractivity contribution is 5.82. The number of aryl methyl sites for hydroxylation is 1. The molecule has 2 aliphatic rings. The van der Waals surface area contributed by atoms with E-state index in [1.807, 2.05) is 41.0 Å². The quantitative estimate of drug-likeness (QED) is 0.822. The minimum atomic E-state index is -0.524. The Balaban J connectivity index is 1.48. The normalized spacial score (nSPS) is 19.9. The second-order valence-electron chi connectivity index (χ2n) is 7.11. The van der Waals surface area contributed by atoms with Gasteiger partial charge in [-0.05, 0) is 38.8 Å². The molecule has 2 saturated heterocycles. The van der Waals surface area contributed by atoms with Crippen molar-refractivity contribution in [1.29, 1.82) is 0 Å². The van der Waals surface area contributed by atoms with Crippen LogP contribution in [0.25, 0.3) is 0 Å². The maximum atomic E-state index is 12.6. The summed E-state index contributed by atoms with van der Waals surface area (Å²) in [5.41, 5.74) is 1.16. The molecule has 1 unspecified atom stereocenters. The van der Waals surface area contributed by atoms with Crippen molar-refractivity contribution >= 4 is 11.8 Å². The number of benzene rings is 1. The summed E-state index contributed by atoms with van der Waals surface area (Å²) >= 11 is 0. The first-order valence-corrected chi connectivity index (χ1v) is 9.43. The van der Waals surface area contributed by atoms with E-state index >= 15 is 0 Å². The van der Waals surface area contributed by atoms with Crippen molar-refractivity contribution in [3.63, 3.8) is 0 Å². The minimum absolute atomic E-state index is 0.0113. The van der Waals surface area contributed by atoms with Crippen molar-refractivity contribution in [1.82, 2.24) is 9.80 Å². The number of rotatable bonds is 4. The fourth-order valence-electron chi connectivity index (χ4n) is 3.52. The van der Waals surface area contributed by atoms with E-state index in [2.05, 4.69) is 0 Å². The molecule has 6 nitrogen and oxygen atoms in total. The molecule has 2 aliphatic heterocycles. The Labute approximate surface area is 155 Å². The van der Waals surface area contributed by atoms with E-state index in [0.29, 0.717) is 45.1 Å². The average molecular weight is 360 g/mol. The van der Waals surface area contributed by atoms with Crippen molar-refractivity contribution in [2.75, 3.05) is 39.4 Å². The van der Waals surface area contributed by atoms with Crippen molar-refractivity contribution in [3.8, 4) is 5.75 Å². The Bertz CT molecular complexity index is 617. The predicted molar refractivity (Wildman–Crippen MR) is 98.0 cm³/mol. The number of ether oxygens (including phenoxy) is 2. The van der Waals surface area contributed by atoms with Crippen LogP contribution in [0.5, 0.6) is 5.75 Å². The number of morpholine rings is 1. The predicted octanol–water partition coefficient (Wildman–Crippen LogP) is 1.86. The molecule has 0 aliphatic carbocycles. The molecule has 2 heterocycles. The van der Waals surface area contributed by atoms with Crippen molar-refractivity contribution in [2.24, 2.45) is 5.92 Å². The molecule has 0 saturated carbocycles. The van der Waals surface area contributed by atoms with Crippen molar-refractivity contribution in [3.05, 3.63) is 29.8 Å². The first-order valence-electron chi connectivity index (χ1n) is 9.43. The summed E-state index contributed by atoms with van der Waals surface area (Å²) in [6, 6.07) is 7.70. The molecule has 0 bridgehead atoms. The Morgan fingerprint density at radius 2 is 1.65 bits per heavy atom. The molecular formula is C20H28N2O4. The zero-order valence-electron chi connectivity index (χ0n) is 15.6. The fourth-order valence-corrected chi connectivity index (χ4v) is 3.52. The maximum Gasteiger partial charge on any atom is 0.263 e. The lowest BCUT2D eigenvalue weighted by atomic mass is 9.95. The lowest BCUT2D eigenvalue weighted by Crippen LogP contribution is -2.49. The number of carbonyl (C=O) groups is 2. The van der Waals surface area contributed by atoms with Gasteiger partial charge in [0.2, 0.25) is 5.91 Å². The van der Waals surface area contributed by atoms with Crippen LogP contribution in [0.1, 0.15) is 25.3 Å². The smallest absolute Gasteiger partial charge is 0.263 e. The Kier molecular flexibility index (Phi) is 6.14. The molecule has 2 fully saturated rings. The number of likely N-dealkylation sites (tertiary alicyclic amines) is 1. The third-order valence-corrected chi connectivity index (χ3v) is 5.16. The second-order valence-corrected chi connectivity index (χ2v) is 7.11. The molecule has 0 N–H and O–H groups in total. The molecule has 1 aromatic rings. The van der Waals surface area contributed by atoms with Crippen LogP contribution in [0.3, 0.4) is 0 Å². The summed E-state index contributed by atoms with van der Waals surface area (Å²) < 4.78 is 11.1. The van der Waals surface area contributed by atoms with E-state index in [-0.39, 0.29) is 17.7 Å².